The zero-order valence-corrected chi connectivity index (χ0v) is 15.0. The molecule has 1 atom stereocenters. The number of hydrogen-bond acceptors (Lipinski definition) is 5. The van der Waals surface area contributed by atoms with Gasteiger partial charge in [0.15, 0.2) is 0 Å². The Kier molecular flexibility index (Phi) is 5.88. The summed E-state index contributed by atoms with van der Waals surface area (Å²) >= 11 is 1.15. The van der Waals surface area contributed by atoms with Gasteiger partial charge in [0, 0.05) is 42.4 Å². The van der Waals surface area contributed by atoms with E-state index in [1.807, 2.05) is 25.1 Å². The van der Waals surface area contributed by atoms with Gasteiger partial charge in [0.05, 0.1) is 6.10 Å². The fourth-order valence-electron chi connectivity index (χ4n) is 2.74. The molecule has 0 saturated carbocycles. The number of benzene rings is 1. The molecule has 6 nitrogen and oxygen atoms in total. The van der Waals surface area contributed by atoms with Crippen LogP contribution in [0.2, 0.25) is 0 Å². The molecule has 1 aromatic carbocycles. The summed E-state index contributed by atoms with van der Waals surface area (Å²) in [5, 5.41) is 4.65. The van der Waals surface area contributed by atoms with Gasteiger partial charge in [-0.1, -0.05) is 17.4 Å². The number of aromatic nitrogens is 1. The van der Waals surface area contributed by atoms with E-state index in [1.165, 1.54) is 0 Å². The highest BCUT2D eigenvalue weighted by Gasteiger charge is 2.16. The van der Waals surface area contributed by atoms with Crippen LogP contribution in [0.3, 0.4) is 0 Å². The van der Waals surface area contributed by atoms with Crippen molar-refractivity contribution in [2.75, 3.05) is 18.5 Å². The number of carbonyl (C=O) groups excluding carboxylic acids is 1. The number of nitrogens with zero attached hydrogens (tertiary/aromatic N) is 1. The second kappa shape index (κ2) is 8.31. The minimum Gasteiger partial charge on any atom is -0.491 e. The maximum Gasteiger partial charge on any atom is 0.307 e. The van der Waals surface area contributed by atoms with E-state index in [-0.39, 0.29) is 23.3 Å². The lowest BCUT2D eigenvalue weighted by molar-refractivity contribution is -0.116. The van der Waals surface area contributed by atoms with Gasteiger partial charge in [-0.25, -0.2) is 0 Å². The quantitative estimate of drug-likeness (QED) is 0.822. The van der Waals surface area contributed by atoms with Gasteiger partial charge in [-0.05, 0) is 31.9 Å². The Morgan fingerprint density at radius 1 is 1.48 bits per heavy atom. The van der Waals surface area contributed by atoms with Crippen LogP contribution in [0, 0.1) is 6.92 Å². The Labute approximate surface area is 150 Å². The van der Waals surface area contributed by atoms with E-state index in [0.717, 1.165) is 36.5 Å². The van der Waals surface area contributed by atoms with Crippen molar-refractivity contribution >= 4 is 22.9 Å². The minimum absolute atomic E-state index is 0.0326. The average Bonchev–Trinajstić information content (AvgIpc) is 3.22. The third-order valence-corrected chi connectivity index (χ3v) is 5.00. The third-order valence-electron chi connectivity index (χ3n) is 4.12. The van der Waals surface area contributed by atoms with E-state index >= 15 is 0 Å². The summed E-state index contributed by atoms with van der Waals surface area (Å²) in [6, 6.07) is 7.32. The van der Waals surface area contributed by atoms with E-state index in [4.69, 9.17) is 9.47 Å². The van der Waals surface area contributed by atoms with Crippen molar-refractivity contribution in [3.05, 3.63) is 45.0 Å². The highest BCUT2D eigenvalue weighted by Crippen LogP contribution is 2.20. The Morgan fingerprint density at radius 2 is 2.36 bits per heavy atom. The van der Waals surface area contributed by atoms with Crippen molar-refractivity contribution in [1.29, 1.82) is 0 Å². The Hall–Kier alpha value is -2.12. The summed E-state index contributed by atoms with van der Waals surface area (Å²) in [6.07, 6.45) is 2.51. The third kappa shape index (κ3) is 4.93. The first-order chi connectivity index (χ1) is 12.1. The molecule has 1 fully saturated rings. The molecular formula is C18H22N2O4S. The summed E-state index contributed by atoms with van der Waals surface area (Å²) in [5.74, 6) is 0.576. The van der Waals surface area contributed by atoms with Gasteiger partial charge in [0.2, 0.25) is 5.91 Å². The van der Waals surface area contributed by atoms with E-state index in [0.29, 0.717) is 24.6 Å². The summed E-state index contributed by atoms with van der Waals surface area (Å²) < 4.78 is 12.9. The molecule has 25 heavy (non-hydrogen) atoms. The van der Waals surface area contributed by atoms with Gasteiger partial charge >= 0.3 is 4.87 Å². The van der Waals surface area contributed by atoms with Crippen molar-refractivity contribution < 1.29 is 14.3 Å². The lowest BCUT2D eigenvalue weighted by atomic mass is 10.2. The monoisotopic (exact) mass is 362 g/mol. The van der Waals surface area contributed by atoms with Gasteiger partial charge in [-0.3, -0.25) is 9.59 Å². The average molecular weight is 362 g/mol. The number of thiazole rings is 1. The Morgan fingerprint density at radius 3 is 3.08 bits per heavy atom. The molecule has 0 spiro atoms. The molecule has 7 heteroatoms. The van der Waals surface area contributed by atoms with Crippen LogP contribution in [0.5, 0.6) is 5.75 Å². The summed E-state index contributed by atoms with van der Waals surface area (Å²) in [5.41, 5.74) is 1.57. The first-order valence-corrected chi connectivity index (χ1v) is 9.29. The molecule has 2 aromatic rings. The molecule has 1 aromatic heterocycles. The van der Waals surface area contributed by atoms with Gasteiger partial charge in [-0.15, -0.1) is 0 Å². The standard InChI is InChI=1S/C18H22N2O4S/c1-13-12-25-18(22)20(13)8-7-17(21)19-14-4-2-5-15(10-14)24-11-16-6-3-9-23-16/h2,4-5,10,12,16H,3,6-9,11H2,1H3,(H,19,21). The number of nitrogens with one attached hydrogen (secondary N) is 1. The summed E-state index contributed by atoms with van der Waals surface area (Å²) in [6.45, 7) is 3.58. The smallest absolute Gasteiger partial charge is 0.307 e. The van der Waals surface area contributed by atoms with Gasteiger partial charge < -0.3 is 19.4 Å². The highest BCUT2D eigenvalue weighted by atomic mass is 32.1. The normalized spacial score (nSPS) is 16.8. The number of rotatable bonds is 7. The molecule has 0 aliphatic carbocycles. The number of anilines is 1. The maximum atomic E-state index is 12.1. The van der Waals surface area contributed by atoms with Crippen LogP contribution >= 0.6 is 11.3 Å². The van der Waals surface area contributed by atoms with Gasteiger partial charge in [-0.2, -0.15) is 0 Å². The van der Waals surface area contributed by atoms with Crippen LogP contribution in [0.4, 0.5) is 5.69 Å². The number of carbonyl (C=O) groups is 1. The topological polar surface area (TPSA) is 69.6 Å². The maximum absolute atomic E-state index is 12.1. The number of ether oxygens (including phenoxy) is 2. The molecule has 3 rings (SSSR count). The lowest BCUT2D eigenvalue weighted by Crippen LogP contribution is -2.20. The molecule has 0 bridgehead atoms. The van der Waals surface area contributed by atoms with Crippen molar-refractivity contribution in [1.82, 2.24) is 4.57 Å². The molecule has 1 unspecified atom stereocenters. The molecule has 134 valence electrons. The number of amides is 1. The fourth-order valence-corrected chi connectivity index (χ4v) is 3.50. The molecule has 1 saturated heterocycles. The molecule has 1 amide bonds. The van der Waals surface area contributed by atoms with Gasteiger partial charge in [0.1, 0.15) is 12.4 Å². The lowest BCUT2D eigenvalue weighted by Gasteiger charge is -2.12. The molecule has 1 aliphatic heterocycles. The van der Waals surface area contributed by atoms with Crippen LogP contribution in [-0.2, 0) is 16.1 Å². The van der Waals surface area contributed by atoms with E-state index < -0.39 is 0 Å². The molecule has 1 N–H and O–H groups in total. The predicted octanol–water partition coefficient (Wildman–Crippen LogP) is 2.80. The Balaban J connectivity index is 1.50. The van der Waals surface area contributed by atoms with Crippen LogP contribution in [-0.4, -0.2) is 29.8 Å². The Bertz CT molecular complexity index is 777. The number of hydrogen-bond donors (Lipinski definition) is 1. The summed E-state index contributed by atoms with van der Waals surface area (Å²) in [7, 11) is 0. The van der Waals surface area contributed by atoms with Crippen LogP contribution in [0.25, 0.3) is 0 Å². The number of aryl methyl sites for hydroxylation is 1. The first-order valence-electron chi connectivity index (χ1n) is 8.41. The zero-order chi connectivity index (χ0) is 17.6. The molecule has 0 radical (unpaired) electrons. The largest absolute Gasteiger partial charge is 0.491 e. The van der Waals surface area contributed by atoms with E-state index in [9.17, 15) is 9.59 Å². The van der Waals surface area contributed by atoms with Crippen molar-refractivity contribution in [2.24, 2.45) is 0 Å². The molecule has 2 heterocycles. The van der Waals surface area contributed by atoms with Gasteiger partial charge in [0.25, 0.3) is 0 Å². The zero-order valence-electron chi connectivity index (χ0n) is 14.2. The SMILES string of the molecule is Cc1csc(=O)n1CCC(=O)Nc1cccc(OCC2CCCO2)c1. The van der Waals surface area contributed by atoms with Crippen LogP contribution in [0.1, 0.15) is 25.0 Å². The first kappa shape index (κ1) is 17.7. The minimum atomic E-state index is -0.131. The van der Waals surface area contributed by atoms with E-state index in [2.05, 4.69) is 5.32 Å². The highest BCUT2D eigenvalue weighted by molar-refractivity contribution is 7.07. The van der Waals surface area contributed by atoms with Crippen LogP contribution in [0.15, 0.2) is 34.4 Å². The predicted molar refractivity (Wildman–Crippen MR) is 97.5 cm³/mol. The summed E-state index contributed by atoms with van der Waals surface area (Å²) in [4.78, 5) is 23.8. The molecule has 1 aliphatic rings. The molecular weight excluding hydrogens is 340 g/mol. The van der Waals surface area contributed by atoms with Crippen molar-refractivity contribution in [2.45, 2.75) is 38.8 Å². The van der Waals surface area contributed by atoms with Crippen molar-refractivity contribution in [3.63, 3.8) is 0 Å². The second-order valence-electron chi connectivity index (χ2n) is 6.07. The fraction of sp³-hybridized carbons (Fsp3) is 0.444. The van der Waals surface area contributed by atoms with Crippen LogP contribution < -0.4 is 14.9 Å². The van der Waals surface area contributed by atoms with Crippen molar-refractivity contribution in [3.8, 4) is 5.75 Å². The second-order valence-corrected chi connectivity index (χ2v) is 6.89. The van der Waals surface area contributed by atoms with E-state index in [1.54, 1.807) is 16.0 Å².